The molecular weight excluding hydrogens is 300 g/mol. The molecule has 1 fully saturated rings. The number of nitrogens with two attached hydrogens (primary N) is 1. The van der Waals surface area contributed by atoms with E-state index >= 15 is 0 Å². The maximum Gasteiger partial charge on any atom is 0.251 e. The molecule has 0 aromatic heterocycles. The van der Waals surface area contributed by atoms with Crippen molar-refractivity contribution in [2.45, 2.75) is 51.6 Å². The van der Waals surface area contributed by atoms with Gasteiger partial charge in [-0.05, 0) is 49.8 Å². The van der Waals surface area contributed by atoms with Crippen LogP contribution in [0.15, 0.2) is 24.3 Å². The molecule has 2 rings (SSSR count). The summed E-state index contributed by atoms with van der Waals surface area (Å²) in [5.41, 5.74) is 6.55. The molecular formula is C17H27ClN2O2. The van der Waals surface area contributed by atoms with Crippen molar-refractivity contribution < 1.29 is 9.53 Å². The van der Waals surface area contributed by atoms with Gasteiger partial charge in [-0.15, -0.1) is 12.4 Å². The fraction of sp³-hybridized carbons (Fsp3) is 0.588. The van der Waals surface area contributed by atoms with E-state index in [1.807, 2.05) is 24.3 Å². The largest absolute Gasteiger partial charge is 0.493 e. The van der Waals surface area contributed by atoms with Gasteiger partial charge in [-0.2, -0.15) is 0 Å². The van der Waals surface area contributed by atoms with Crippen LogP contribution in [-0.4, -0.2) is 24.6 Å². The normalized spacial score (nSPS) is 21.1. The predicted molar refractivity (Wildman–Crippen MR) is 91.7 cm³/mol. The van der Waals surface area contributed by atoms with Gasteiger partial charge in [-0.1, -0.05) is 19.9 Å². The van der Waals surface area contributed by atoms with Gasteiger partial charge >= 0.3 is 0 Å². The van der Waals surface area contributed by atoms with Crippen LogP contribution in [-0.2, 0) is 0 Å². The van der Waals surface area contributed by atoms with Crippen molar-refractivity contribution in [3.05, 3.63) is 29.8 Å². The highest BCUT2D eigenvalue weighted by atomic mass is 35.5. The smallest absolute Gasteiger partial charge is 0.251 e. The average molecular weight is 327 g/mol. The van der Waals surface area contributed by atoms with Crippen LogP contribution in [0.4, 0.5) is 0 Å². The molecule has 0 unspecified atom stereocenters. The van der Waals surface area contributed by atoms with E-state index in [2.05, 4.69) is 19.2 Å². The highest BCUT2D eigenvalue weighted by Gasteiger charge is 2.20. The van der Waals surface area contributed by atoms with E-state index in [0.29, 0.717) is 24.1 Å². The summed E-state index contributed by atoms with van der Waals surface area (Å²) in [5, 5.41) is 3.10. The SMILES string of the molecule is CC(C)COc1cccc(C(=O)NC2CCC(N)CC2)c1.Cl. The van der Waals surface area contributed by atoms with Gasteiger partial charge in [0.2, 0.25) is 0 Å². The Morgan fingerprint density at radius 1 is 1.32 bits per heavy atom. The highest BCUT2D eigenvalue weighted by Crippen LogP contribution is 2.19. The quantitative estimate of drug-likeness (QED) is 0.873. The minimum absolute atomic E-state index is 0. The van der Waals surface area contributed by atoms with E-state index in [-0.39, 0.29) is 24.4 Å². The lowest BCUT2D eigenvalue weighted by Gasteiger charge is -2.26. The third-order valence-corrected chi connectivity index (χ3v) is 3.79. The summed E-state index contributed by atoms with van der Waals surface area (Å²) < 4.78 is 5.67. The number of carbonyl (C=O) groups excluding carboxylic acids is 1. The minimum atomic E-state index is -0.0227. The second kappa shape index (κ2) is 9.01. The highest BCUT2D eigenvalue weighted by molar-refractivity contribution is 5.94. The summed E-state index contributed by atoms with van der Waals surface area (Å²) in [4.78, 5) is 12.3. The van der Waals surface area contributed by atoms with Gasteiger partial charge in [-0.25, -0.2) is 0 Å². The Bertz CT molecular complexity index is 471. The number of hydrogen-bond acceptors (Lipinski definition) is 3. The van der Waals surface area contributed by atoms with Gasteiger partial charge < -0.3 is 15.8 Å². The molecule has 3 N–H and O–H groups in total. The molecule has 1 aliphatic carbocycles. The van der Waals surface area contributed by atoms with Crippen molar-refractivity contribution in [2.24, 2.45) is 11.7 Å². The minimum Gasteiger partial charge on any atom is -0.493 e. The lowest BCUT2D eigenvalue weighted by atomic mass is 9.91. The van der Waals surface area contributed by atoms with Crippen LogP contribution in [0.3, 0.4) is 0 Å². The summed E-state index contributed by atoms with van der Waals surface area (Å²) in [6.07, 6.45) is 3.91. The van der Waals surface area contributed by atoms with Crippen LogP contribution < -0.4 is 15.8 Å². The van der Waals surface area contributed by atoms with Crippen LogP contribution in [0.25, 0.3) is 0 Å². The molecule has 1 saturated carbocycles. The number of benzene rings is 1. The number of hydrogen-bond donors (Lipinski definition) is 2. The molecule has 4 nitrogen and oxygen atoms in total. The fourth-order valence-electron chi connectivity index (χ4n) is 2.52. The molecule has 5 heteroatoms. The van der Waals surface area contributed by atoms with E-state index in [1.165, 1.54) is 0 Å². The van der Waals surface area contributed by atoms with Crippen LogP contribution in [0.5, 0.6) is 5.75 Å². The number of nitrogens with one attached hydrogen (secondary N) is 1. The Balaban J connectivity index is 0.00000242. The van der Waals surface area contributed by atoms with Crippen LogP contribution >= 0.6 is 12.4 Å². The van der Waals surface area contributed by atoms with Crippen LogP contribution in [0.2, 0.25) is 0 Å². The van der Waals surface area contributed by atoms with Gasteiger partial charge in [0.05, 0.1) is 6.61 Å². The molecule has 1 aromatic rings. The number of ether oxygens (including phenoxy) is 1. The molecule has 0 heterocycles. The second-order valence-electron chi connectivity index (χ2n) is 6.32. The molecule has 0 aliphatic heterocycles. The molecule has 1 amide bonds. The van der Waals surface area contributed by atoms with E-state index in [4.69, 9.17) is 10.5 Å². The third-order valence-electron chi connectivity index (χ3n) is 3.79. The number of carbonyl (C=O) groups is 1. The lowest BCUT2D eigenvalue weighted by Crippen LogP contribution is -2.40. The van der Waals surface area contributed by atoms with Crippen molar-refractivity contribution >= 4 is 18.3 Å². The van der Waals surface area contributed by atoms with E-state index < -0.39 is 0 Å². The Hall–Kier alpha value is -1.26. The number of amides is 1. The van der Waals surface area contributed by atoms with Gasteiger partial charge in [0, 0.05) is 17.6 Å². The van der Waals surface area contributed by atoms with Crippen LogP contribution in [0.1, 0.15) is 49.9 Å². The predicted octanol–water partition coefficient (Wildman–Crippen LogP) is 3.14. The zero-order chi connectivity index (χ0) is 15.2. The average Bonchev–Trinajstić information content (AvgIpc) is 2.48. The molecule has 0 spiro atoms. The topological polar surface area (TPSA) is 64.3 Å². The van der Waals surface area contributed by atoms with Gasteiger partial charge in [0.25, 0.3) is 5.91 Å². The maximum absolute atomic E-state index is 12.3. The lowest BCUT2D eigenvalue weighted by molar-refractivity contribution is 0.0925. The van der Waals surface area contributed by atoms with Gasteiger partial charge in [-0.3, -0.25) is 4.79 Å². The number of halogens is 1. The zero-order valence-corrected chi connectivity index (χ0v) is 14.2. The van der Waals surface area contributed by atoms with E-state index in [0.717, 1.165) is 31.4 Å². The maximum atomic E-state index is 12.3. The van der Waals surface area contributed by atoms with Crippen molar-refractivity contribution in [3.63, 3.8) is 0 Å². The van der Waals surface area contributed by atoms with Crippen molar-refractivity contribution in [1.82, 2.24) is 5.32 Å². The van der Waals surface area contributed by atoms with Crippen molar-refractivity contribution in [3.8, 4) is 5.75 Å². The molecule has 0 bridgehead atoms. The molecule has 0 atom stereocenters. The molecule has 1 aliphatic rings. The van der Waals surface area contributed by atoms with Crippen molar-refractivity contribution in [2.75, 3.05) is 6.61 Å². The van der Waals surface area contributed by atoms with Gasteiger partial charge in [0.1, 0.15) is 5.75 Å². The van der Waals surface area contributed by atoms with Crippen molar-refractivity contribution in [1.29, 1.82) is 0 Å². The van der Waals surface area contributed by atoms with E-state index in [9.17, 15) is 4.79 Å². The third kappa shape index (κ3) is 5.85. The Morgan fingerprint density at radius 2 is 2.00 bits per heavy atom. The zero-order valence-electron chi connectivity index (χ0n) is 13.4. The van der Waals surface area contributed by atoms with E-state index in [1.54, 1.807) is 0 Å². The summed E-state index contributed by atoms with van der Waals surface area (Å²) in [6, 6.07) is 7.93. The Morgan fingerprint density at radius 3 is 2.64 bits per heavy atom. The first-order valence-electron chi connectivity index (χ1n) is 7.84. The Labute approximate surface area is 139 Å². The molecule has 1 aromatic carbocycles. The molecule has 0 radical (unpaired) electrons. The molecule has 0 saturated heterocycles. The summed E-state index contributed by atoms with van der Waals surface area (Å²) in [5.74, 6) is 1.20. The first-order valence-corrected chi connectivity index (χ1v) is 7.84. The Kier molecular flexibility index (Phi) is 7.69. The monoisotopic (exact) mass is 326 g/mol. The summed E-state index contributed by atoms with van der Waals surface area (Å²) in [7, 11) is 0. The second-order valence-corrected chi connectivity index (χ2v) is 6.32. The number of rotatable bonds is 5. The first kappa shape index (κ1) is 18.8. The van der Waals surface area contributed by atoms with Crippen LogP contribution in [0, 0.1) is 5.92 Å². The standard InChI is InChI=1S/C17H26N2O2.ClH/c1-12(2)11-21-16-5-3-4-13(10-16)17(20)19-15-8-6-14(18)7-9-15;/h3-5,10,12,14-15H,6-9,11,18H2,1-2H3,(H,19,20);1H. The van der Waals surface area contributed by atoms with Gasteiger partial charge in [0.15, 0.2) is 0 Å². The fourth-order valence-corrected chi connectivity index (χ4v) is 2.52. The molecule has 22 heavy (non-hydrogen) atoms. The summed E-state index contributed by atoms with van der Waals surface area (Å²) >= 11 is 0. The first-order chi connectivity index (χ1) is 10.0. The summed E-state index contributed by atoms with van der Waals surface area (Å²) in [6.45, 7) is 4.86. The molecule has 124 valence electrons.